The predicted octanol–water partition coefficient (Wildman–Crippen LogP) is 2.80. The molecule has 0 aromatic carbocycles. The maximum Gasteiger partial charge on any atom is 0.337 e. The van der Waals surface area contributed by atoms with Crippen molar-refractivity contribution in [3.63, 3.8) is 0 Å². The van der Waals surface area contributed by atoms with Gasteiger partial charge in [0.2, 0.25) is 0 Å². The maximum atomic E-state index is 12.3. The Morgan fingerprint density at radius 3 is 2.94 bits per heavy atom. The molecule has 0 aliphatic heterocycles. The van der Waals surface area contributed by atoms with Crippen LogP contribution < -0.4 is 0 Å². The number of halogens is 2. The summed E-state index contributed by atoms with van der Waals surface area (Å²) in [6.07, 6.45) is 1.85. The Hall–Kier alpha value is -1.55. The van der Waals surface area contributed by atoms with Gasteiger partial charge >= 0.3 is 5.97 Å². The van der Waals surface area contributed by atoms with Gasteiger partial charge in [0.25, 0.3) is 0 Å². The quantitative estimate of drug-likeness (QED) is 0.898. The Morgan fingerprint density at radius 2 is 2.31 bits per heavy atom. The average Bonchev–Trinajstić information content (AvgIpc) is 2.60. The molecule has 5 heteroatoms. The summed E-state index contributed by atoms with van der Waals surface area (Å²) in [7, 11) is 0. The molecule has 0 unspecified atom stereocenters. The molecular formula is C11H9ClFNO2. The summed E-state index contributed by atoms with van der Waals surface area (Å²) in [5.41, 5.74) is 1.13. The number of alkyl halides is 1. The number of nitrogens with zero attached hydrogens (tertiary/aromatic N) is 1. The van der Waals surface area contributed by atoms with Crippen molar-refractivity contribution in [2.24, 2.45) is 0 Å². The van der Waals surface area contributed by atoms with Gasteiger partial charge in [0.05, 0.1) is 22.8 Å². The van der Waals surface area contributed by atoms with E-state index in [-0.39, 0.29) is 12.0 Å². The van der Waals surface area contributed by atoms with E-state index >= 15 is 0 Å². The van der Waals surface area contributed by atoms with Crippen molar-refractivity contribution < 1.29 is 14.3 Å². The number of carbonyl (C=O) groups is 1. The second-order valence-corrected chi connectivity index (χ2v) is 3.78. The van der Waals surface area contributed by atoms with Crippen molar-refractivity contribution in [3.8, 4) is 0 Å². The van der Waals surface area contributed by atoms with E-state index in [1.807, 2.05) is 0 Å². The van der Waals surface area contributed by atoms with Gasteiger partial charge in [0.15, 0.2) is 0 Å². The zero-order valence-corrected chi connectivity index (χ0v) is 9.04. The van der Waals surface area contributed by atoms with Crippen LogP contribution in [0.3, 0.4) is 0 Å². The molecule has 0 aliphatic rings. The lowest BCUT2D eigenvalue weighted by Gasteiger charge is -2.01. The third-order valence-corrected chi connectivity index (χ3v) is 2.71. The molecule has 84 valence electrons. The van der Waals surface area contributed by atoms with E-state index in [0.29, 0.717) is 16.2 Å². The monoisotopic (exact) mass is 241 g/mol. The minimum absolute atomic E-state index is 0.106. The molecule has 0 aliphatic carbocycles. The fourth-order valence-corrected chi connectivity index (χ4v) is 2.00. The summed E-state index contributed by atoms with van der Waals surface area (Å²) < 4.78 is 13.9. The van der Waals surface area contributed by atoms with Crippen LogP contribution in [-0.2, 0) is 6.42 Å². The first kappa shape index (κ1) is 11.0. The number of hydrogen-bond donors (Lipinski definition) is 1. The van der Waals surface area contributed by atoms with E-state index in [1.165, 1.54) is 6.07 Å². The summed E-state index contributed by atoms with van der Waals surface area (Å²) in [5, 5.41) is 9.37. The molecule has 0 amide bonds. The smallest absolute Gasteiger partial charge is 0.337 e. The lowest BCUT2D eigenvalue weighted by atomic mass is 10.2. The van der Waals surface area contributed by atoms with Crippen molar-refractivity contribution in [3.05, 3.63) is 40.7 Å². The summed E-state index contributed by atoms with van der Waals surface area (Å²) in [6.45, 7) is -0.530. The van der Waals surface area contributed by atoms with Gasteiger partial charge in [-0.25, -0.2) is 4.79 Å². The number of pyridine rings is 1. The Morgan fingerprint density at radius 1 is 1.56 bits per heavy atom. The van der Waals surface area contributed by atoms with Crippen LogP contribution in [0.1, 0.15) is 16.1 Å². The second-order valence-electron chi connectivity index (χ2n) is 3.37. The highest BCUT2D eigenvalue weighted by Crippen LogP contribution is 2.25. The molecule has 0 fully saturated rings. The highest BCUT2D eigenvalue weighted by Gasteiger charge is 2.16. The summed E-state index contributed by atoms with van der Waals surface area (Å²) in [5.74, 6) is -1.06. The molecule has 3 nitrogen and oxygen atoms in total. The van der Waals surface area contributed by atoms with Crippen LogP contribution in [0.4, 0.5) is 4.39 Å². The number of rotatable bonds is 3. The van der Waals surface area contributed by atoms with Gasteiger partial charge < -0.3 is 9.51 Å². The molecular weight excluding hydrogens is 233 g/mol. The fraction of sp³-hybridized carbons (Fsp3) is 0.182. The first-order valence-electron chi connectivity index (χ1n) is 4.73. The number of carboxylic acids is 1. The first-order chi connectivity index (χ1) is 7.65. The van der Waals surface area contributed by atoms with E-state index in [2.05, 4.69) is 0 Å². The normalized spacial score (nSPS) is 10.9. The van der Waals surface area contributed by atoms with Gasteiger partial charge in [0, 0.05) is 18.3 Å². The Bertz CT molecular complexity index is 550. The van der Waals surface area contributed by atoms with Crippen molar-refractivity contribution in [2.75, 3.05) is 6.67 Å². The minimum Gasteiger partial charge on any atom is -0.478 e. The van der Waals surface area contributed by atoms with Gasteiger partial charge in [-0.1, -0.05) is 11.6 Å². The summed E-state index contributed by atoms with van der Waals surface area (Å²) in [6, 6.07) is 4.77. The van der Waals surface area contributed by atoms with E-state index in [4.69, 9.17) is 16.7 Å². The van der Waals surface area contributed by atoms with Crippen molar-refractivity contribution in [2.45, 2.75) is 6.42 Å². The van der Waals surface area contributed by atoms with E-state index in [9.17, 15) is 9.18 Å². The lowest BCUT2D eigenvalue weighted by molar-refractivity contribution is 0.0699. The summed E-state index contributed by atoms with van der Waals surface area (Å²) >= 11 is 5.94. The molecule has 2 aromatic rings. The average molecular weight is 242 g/mol. The predicted molar refractivity (Wildman–Crippen MR) is 59.0 cm³/mol. The summed E-state index contributed by atoms with van der Waals surface area (Å²) in [4.78, 5) is 11.0. The number of aryl methyl sites for hydroxylation is 1. The zero-order chi connectivity index (χ0) is 11.7. The van der Waals surface area contributed by atoms with Gasteiger partial charge in [-0.2, -0.15) is 0 Å². The van der Waals surface area contributed by atoms with Crippen molar-refractivity contribution >= 4 is 23.1 Å². The molecule has 2 rings (SSSR count). The molecule has 0 saturated carbocycles. The first-order valence-corrected chi connectivity index (χ1v) is 5.10. The molecule has 2 heterocycles. The molecule has 0 bridgehead atoms. The molecule has 0 saturated heterocycles. The highest BCUT2D eigenvalue weighted by molar-refractivity contribution is 6.34. The topological polar surface area (TPSA) is 41.7 Å². The number of fused-ring (bicyclic) bond motifs is 1. The third kappa shape index (κ3) is 1.65. The Kier molecular flexibility index (Phi) is 2.83. The molecule has 2 aromatic heterocycles. The number of carboxylic acid groups (broad SMARTS) is 1. The Balaban J connectivity index is 2.76. The molecule has 0 radical (unpaired) electrons. The van der Waals surface area contributed by atoms with Crippen LogP contribution in [0.5, 0.6) is 0 Å². The van der Waals surface area contributed by atoms with E-state index < -0.39 is 12.6 Å². The molecule has 16 heavy (non-hydrogen) atoms. The highest BCUT2D eigenvalue weighted by atomic mass is 35.5. The van der Waals surface area contributed by atoms with Crippen LogP contribution in [0.15, 0.2) is 24.4 Å². The Labute approximate surface area is 96.1 Å². The minimum atomic E-state index is -1.06. The van der Waals surface area contributed by atoms with Crippen molar-refractivity contribution in [1.29, 1.82) is 0 Å². The van der Waals surface area contributed by atoms with Gasteiger partial charge in [-0.3, -0.25) is 4.39 Å². The van der Waals surface area contributed by atoms with Gasteiger partial charge in [-0.15, -0.1) is 0 Å². The largest absolute Gasteiger partial charge is 0.478 e. The van der Waals surface area contributed by atoms with Crippen LogP contribution in [0.2, 0.25) is 5.02 Å². The van der Waals surface area contributed by atoms with Crippen LogP contribution in [-0.4, -0.2) is 22.2 Å². The molecule has 0 atom stereocenters. The molecule has 1 N–H and O–H groups in total. The van der Waals surface area contributed by atoms with Gasteiger partial charge in [-0.05, 0) is 18.2 Å². The third-order valence-electron chi connectivity index (χ3n) is 2.40. The standard InChI is InChI=1S/C11H9ClFNO2/c12-9-2-1-5-14-7(3-4-13)6-8(10(9)14)11(15)16/h1-2,5-6H,3-4H2,(H,15,16). The van der Waals surface area contributed by atoms with Gasteiger partial charge in [0.1, 0.15) is 0 Å². The van der Waals surface area contributed by atoms with Crippen molar-refractivity contribution in [1.82, 2.24) is 4.40 Å². The van der Waals surface area contributed by atoms with Crippen LogP contribution in [0, 0.1) is 0 Å². The second kappa shape index (κ2) is 4.14. The fourth-order valence-electron chi connectivity index (χ4n) is 1.74. The SMILES string of the molecule is O=C(O)c1cc(CCF)n2cccc(Cl)c12. The van der Waals surface area contributed by atoms with Crippen LogP contribution >= 0.6 is 11.6 Å². The zero-order valence-electron chi connectivity index (χ0n) is 8.28. The maximum absolute atomic E-state index is 12.3. The van der Waals surface area contributed by atoms with Crippen LogP contribution in [0.25, 0.3) is 5.52 Å². The lowest BCUT2D eigenvalue weighted by Crippen LogP contribution is -1.96. The number of aromatic carboxylic acids is 1. The van der Waals surface area contributed by atoms with E-state index in [1.54, 1.807) is 22.7 Å². The number of aromatic nitrogens is 1. The molecule has 0 spiro atoms. The number of hydrogen-bond acceptors (Lipinski definition) is 1. The van der Waals surface area contributed by atoms with E-state index in [0.717, 1.165) is 0 Å².